The molecule has 0 saturated heterocycles. The van der Waals surface area contributed by atoms with Crippen LogP contribution in [0.4, 0.5) is 8.78 Å². The highest BCUT2D eigenvalue weighted by molar-refractivity contribution is 7.90. The van der Waals surface area contributed by atoms with Gasteiger partial charge in [-0.25, -0.2) is 17.2 Å². The zero-order chi connectivity index (χ0) is 10.9. The highest BCUT2D eigenvalue weighted by Crippen LogP contribution is 2.22. The molecule has 14 heavy (non-hydrogen) atoms. The van der Waals surface area contributed by atoms with Crippen molar-refractivity contribution >= 4 is 9.84 Å². The van der Waals surface area contributed by atoms with Gasteiger partial charge in [0.25, 0.3) is 6.43 Å². The predicted molar refractivity (Wildman–Crippen MR) is 47.0 cm³/mol. The van der Waals surface area contributed by atoms with Gasteiger partial charge < -0.3 is 0 Å². The van der Waals surface area contributed by atoms with Crippen molar-refractivity contribution in [3.8, 4) is 0 Å². The van der Waals surface area contributed by atoms with Crippen LogP contribution in [0.5, 0.6) is 0 Å². The molecule has 1 aromatic heterocycles. The number of hydrogen-bond donors (Lipinski definition) is 0. The lowest BCUT2D eigenvalue weighted by Gasteiger charge is -2.05. The van der Waals surface area contributed by atoms with Crippen LogP contribution < -0.4 is 0 Å². The monoisotopic (exact) mass is 221 g/mol. The lowest BCUT2D eigenvalue weighted by molar-refractivity contribution is 0.150. The number of aromatic nitrogens is 1. The highest BCUT2D eigenvalue weighted by atomic mass is 32.2. The Morgan fingerprint density at radius 3 is 2.43 bits per heavy atom. The third-order valence-corrected chi connectivity index (χ3v) is 2.93. The Kier molecular flexibility index (Phi) is 2.84. The minimum Gasteiger partial charge on any atom is -0.260 e. The van der Waals surface area contributed by atoms with Gasteiger partial charge in [-0.1, -0.05) is 0 Å². The van der Waals surface area contributed by atoms with Crippen LogP contribution >= 0.6 is 0 Å². The molecule has 1 rings (SSSR count). The fraction of sp³-hybridized carbons (Fsp3) is 0.375. The number of pyridine rings is 1. The Balaban J connectivity index is 3.37. The molecule has 1 heterocycles. The molecular weight excluding hydrogens is 212 g/mol. The average molecular weight is 221 g/mol. The van der Waals surface area contributed by atoms with E-state index in [-0.39, 0.29) is 16.2 Å². The van der Waals surface area contributed by atoms with E-state index in [4.69, 9.17) is 0 Å². The molecule has 0 spiro atoms. The van der Waals surface area contributed by atoms with Gasteiger partial charge in [0.1, 0.15) is 0 Å². The summed E-state index contributed by atoms with van der Waals surface area (Å²) in [6, 6.07) is 0.961. The number of nitrogens with zero attached hydrogens (tertiary/aromatic N) is 1. The zero-order valence-electron chi connectivity index (χ0n) is 7.66. The number of sulfone groups is 1. The van der Waals surface area contributed by atoms with Crippen LogP contribution in [0, 0.1) is 6.92 Å². The quantitative estimate of drug-likeness (QED) is 0.764. The zero-order valence-corrected chi connectivity index (χ0v) is 8.48. The van der Waals surface area contributed by atoms with Crippen LogP contribution in [0.2, 0.25) is 0 Å². The summed E-state index contributed by atoms with van der Waals surface area (Å²) < 4.78 is 46.8. The summed E-state index contributed by atoms with van der Waals surface area (Å²) in [7, 11) is -3.49. The van der Waals surface area contributed by atoms with Crippen LogP contribution in [0.15, 0.2) is 17.2 Å². The van der Waals surface area contributed by atoms with Crippen molar-refractivity contribution in [2.45, 2.75) is 18.2 Å². The van der Waals surface area contributed by atoms with Gasteiger partial charge >= 0.3 is 0 Å². The first-order valence-electron chi connectivity index (χ1n) is 3.77. The molecule has 78 valence electrons. The largest absolute Gasteiger partial charge is 0.265 e. The van der Waals surface area contributed by atoms with Crippen LogP contribution in [0.25, 0.3) is 0 Å². The number of aryl methyl sites for hydroxylation is 1. The first kappa shape index (κ1) is 11.0. The fourth-order valence-corrected chi connectivity index (χ4v) is 1.96. The van der Waals surface area contributed by atoms with Crippen LogP contribution in [0.1, 0.15) is 17.7 Å². The lowest BCUT2D eigenvalue weighted by atomic mass is 10.2. The summed E-state index contributed by atoms with van der Waals surface area (Å²) in [5, 5.41) is 0. The number of alkyl halides is 2. The molecule has 0 bridgehead atoms. The predicted octanol–water partition coefficient (Wildman–Crippen LogP) is 1.73. The fourth-order valence-electron chi connectivity index (χ4n) is 1.02. The van der Waals surface area contributed by atoms with E-state index >= 15 is 0 Å². The molecular formula is C8H9F2NO2S. The van der Waals surface area contributed by atoms with Gasteiger partial charge in [0.05, 0.1) is 10.6 Å². The molecule has 1 aromatic rings. The van der Waals surface area contributed by atoms with E-state index < -0.39 is 16.3 Å². The molecule has 0 aliphatic heterocycles. The Labute approximate surface area is 80.7 Å². The van der Waals surface area contributed by atoms with Gasteiger partial charge in [0.2, 0.25) is 0 Å². The molecule has 0 aromatic carbocycles. The molecule has 0 aliphatic carbocycles. The van der Waals surface area contributed by atoms with Crippen molar-refractivity contribution in [2.75, 3.05) is 6.26 Å². The van der Waals surface area contributed by atoms with E-state index in [2.05, 4.69) is 4.98 Å². The molecule has 0 aliphatic rings. The maximum Gasteiger partial charge on any atom is 0.265 e. The molecule has 0 amide bonds. The molecule has 0 radical (unpaired) electrons. The summed E-state index contributed by atoms with van der Waals surface area (Å²) in [6.07, 6.45) is -0.760. The van der Waals surface area contributed by atoms with Crippen molar-refractivity contribution in [1.29, 1.82) is 0 Å². The molecule has 6 heteroatoms. The van der Waals surface area contributed by atoms with E-state index in [0.717, 1.165) is 18.5 Å². The summed E-state index contributed by atoms with van der Waals surface area (Å²) in [5.74, 6) is 0. The van der Waals surface area contributed by atoms with E-state index in [1.54, 1.807) is 0 Å². The SMILES string of the molecule is Cc1ncc(C(F)F)cc1S(C)(=O)=O. The molecule has 0 saturated carbocycles. The summed E-state index contributed by atoms with van der Waals surface area (Å²) in [5.41, 5.74) is -0.145. The van der Waals surface area contributed by atoms with Gasteiger partial charge in [-0.3, -0.25) is 4.98 Å². The normalized spacial score (nSPS) is 12.1. The topological polar surface area (TPSA) is 47.0 Å². The van der Waals surface area contributed by atoms with Crippen molar-refractivity contribution in [3.63, 3.8) is 0 Å². The van der Waals surface area contributed by atoms with Crippen LogP contribution in [0.3, 0.4) is 0 Å². The maximum atomic E-state index is 12.2. The van der Waals surface area contributed by atoms with E-state index in [9.17, 15) is 17.2 Å². The molecule has 0 unspecified atom stereocenters. The Morgan fingerprint density at radius 2 is 2.00 bits per heavy atom. The average Bonchev–Trinajstić information content (AvgIpc) is 2.02. The van der Waals surface area contributed by atoms with Gasteiger partial charge in [-0.05, 0) is 13.0 Å². The maximum absolute atomic E-state index is 12.2. The second-order valence-electron chi connectivity index (χ2n) is 2.93. The van der Waals surface area contributed by atoms with Crippen molar-refractivity contribution in [2.24, 2.45) is 0 Å². The number of hydrogen-bond acceptors (Lipinski definition) is 3. The standard InChI is InChI=1S/C8H9F2NO2S/c1-5-7(14(2,12)13)3-6(4-11-5)8(9)10/h3-4,8H,1-2H3. The molecule has 0 N–H and O–H groups in total. The van der Waals surface area contributed by atoms with E-state index in [1.165, 1.54) is 6.92 Å². The number of halogens is 2. The van der Waals surface area contributed by atoms with Gasteiger partial charge in [0, 0.05) is 18.0 Å². The summed E-state index contributed by atoms with van der Waals surface area (Å²) in [6.45, 7) is 1.46. The summed E-state index contributed by atoms with van der Waals surface area (Å²) >= 11 is 0. The second kappa shape index (κ2) is 3.61. The van der Waals surface area contributed by atoms with Crippen LogP contribution in [-0.2, 0) is 9.84 Å². The van der Waals surface area contributed by atoms with E-state index in [0.29, 0.717) is 0 Å². The minimum atomic E-state index is -3.49. The Hall–Kier alpha value is -1.04. The van der Waals surface area contributed by atoms with Crippen molar-refractivity contribution < 1.29 is 17.2 Å². The minimum absolute atomic E-state index is 0.143. The molecule has 3 nitrogen and oxygen atoms in total. The highest BCUT2D eigenvalue weighted by Gasteiger charge is 2.16. The number of rotatable bonds is 2. The first-order valence-corrected chi connectivity index (χ1v) is 5.66. The summed E-state index contributed by atoms with van der Waals surface area (Å²) in [4.78, 5) is 3.46. The van der Waals surface area contributed by atoms with Gasteiger partial charge in [0.15, 0.2) is 9.84 Å². The smallest absolute Gasteiger partial charge is 0.260 e. The van der Waals surface area contributed by atoms with E-state index in [1.807, 2.05) is 0 Å². The molecule has 0 fully saturated rings. The Morgan fingerprint density at radius 1 is 1.43 bits per heavy atom. The van der Waals surface area contributed by atoms with Crippen molar-refractivity contribution in [1.82, 2.24) is 4.98 Å². The first-order chi connectivity index (χ1) is 6.32. The van der Waals surface area contributed by atoms with Gasteiger partial charge in [-0.15, -0.1) is 0 Å². The second-order valence-corrected chi connectivity index (χ2v) is 4.91. The Bertz CT molecular complexity index is 443. The van der Waals surface area contributed by atoms with Crippen molar-refractivity contribution in [3.05, 3.63) is 23.5 Å². The molecule has 0 atom stereocenters. The lowest BCUT2D eigenvalue weighted by Crippen LogP contribution is -2.03. The third-order valence-electron chi connectivity index (χ3n) is 1.71. The third kappa shape index (κ3) is 2.25. The van der Waals surface area contributed by atoms with Gasteiger partial charge in [-0.2, -0.15) is 0 Å². The van der Waals surface area contributed by atoms with Crippen LogP contribution in [-0.4, -0.2) is 19.7 Å².